The van der Waals surface area contributed by atoms with Crippen molar-refractivity contribution in [3.63, 3.8) is 0 Å². The molecule has 0 unspecified atom stereocenters. The fourth-order valence-corrected chi connectivity index (χ4v) is 9.90. The van der Waals surface area contributed by atoms with Crippen LogP contribution in [-0.4, -0.2) is 45.1 Å². The van der Waals surface area contributed by atoms with Gasteiger partial charge in [-0.3, -0.25) is 0 Å². The fraction of sp³-hybridized carbons (Fsp3) is 0.862. The number of aliphatic hydroxyl groups excluding tert-OH is 2. The molecule has 4 aliphatic rings. The van der Waals surface area contributed by atoms with Crippen LogP contribution in [0.15, 0.2) is 10.6 Å². The lowest BCUT2D eigenvalue weighted by molar-refractivity contribution is -0.203. The minimum absolute atomic E-state index is 0.159. The summed E-state index contributed by atoms with van der Waals surface area (Å²) in [5.41, 5.74) is 0.453. The molecule has 3 N–H and O–H groups in total. The summed E-state index contributed by atoms with van der Waals surface area (Å²) in [6.07, 6.45) is 10.4. The van der Waals surface area contributed by atoms with E-state index in [1.165, 1.54) is 31.9 Å². The van der Waals surface area contributed by atoms with Gasteiger partial charge in [0.15, 0.2) is 0 Å². The largest absolute Gasteiger partial charge is 0.474 e. The van der Waals surface area contributed by atoms with E-state index < -0.39 is 5.97 Å². The molecule has 1 aromatic rings. The Balaban J connectivity index is 1.29. The zero-order valence-electron chi connectivity index (χ0n) is 22.4. The van der Waals surface area contributed by atoms with Crippen LogP contribution in [0.4, 0.5) is 0 Å². The smallest absolute Gasteiger partial charge is 0.392 e. The maximum Gasteiger partial charge on any atom is 0.392 e. The van der Waals surface area contributed by atoms with Crippen molar-refractivity contribution >= 4 is 5.97 Å². The summed E-state index contributed by atoms with van der Waals surface area (Å²) in [5.74, 6) is 1.85. The molecule has 0 bridgehead atoms. The van der Waals surface area contributed by atoms with Gasteiger partial charge < -0.3 is 24.5 Å². The highest BCUT2D eigenvalue weighted by atomic mass is 16.6. The van der Waals surface area contributed by atoms with Gasteiger partial charge in [0.05, 0.1) is 18.8 Å². The number of ether oxygens (including phenoxy) is 1. The van der Waals surface area contributed by atoms with E-state index in [0.29, 0.717) is 42.1 Å². The highest BCUT2D eigenvalue weighted by molar-refractivity contribution is 5.82. The number of carbonyl (C=O) groups is 1. The van der Waals surface area contributed by atoms with Crippen LogP contribution < -0.4 is 4.74 Å². The highest BCUT2D eigenvalue weighted by Crippen LogP contribution is 2.69. The molecule has 0 radical (unpaired) electrons. The molecule has 0 saturated heterocycles. The zero-order chi connectivity index (χ0) is 25.8. The van der Waals surface area contributed by atoms with E-state index in [9.17, 15) is 15.0 Å². The van der Waals surface area contributed by atoms with Gasteiger partial charge >= 0.3 is 17.8 Å². The molecule has 36 heavy (non-hydrogen) atoms. The van der Waals surface area contributed by atoms with Crippen molar-refractivity contribution in [2.45, 2.75) is 97.7 Å². The molecule has 202 valence electrons. The lowest BCUT2D eigenvalue weighted by atomic mass is 9.41. The first-order valence-corrected chi connectivity index (χ1v) is 14.3. The van der Waals surface area contributed by atoms with Gasteiger partial charge in [-0.25, -0.2) is 9.78 Å². The monoisotopic (exact) mass is 503 g/mol. The average Bonchev–Trinajstić information content (AvgIpc) is 3.45. The second-order valence-electron chi connectivity index (χ2n) is 13.0. The Kier molecular flexibility index (Phi) is 6.95. The summed E-state index contributed by atoms with van der Waals surface area (Å²) in [7, 11) is 0. The molecular weight excluding hydrogens is 458 g/mol. The van der Waals surface area contributed by atoms with Gasteiger partial charge in [0.1, 0.15) is 6.20 Å². The number of carboxylic acid groups (broad SMARTS) is 1. The third kappa shape index (κ3) is 4.09. The van der Waals surface area contributed by atoms with Crippen molar-refractivity contribution in [1.29, 1.82) is 0 Å². The van der Waals surface area contributed by atoms with E-state index in [0.717, 1.165) is 32.1 Å². The molecule has 1 heterocycles. The Labute approximate surface area is 215 Å². The van der Waals surface area contributed by atoms with E-state index in [-0.39, 0.29) is 40.8 Å². The minimum atomic E-state index is -1.20. The van der Waals surface area contributed by atoms with Gasteiger partial charge in [0.2, 0.25) is 0 Å². The maximum atomic E-state index is 11.8. The molecule has 0 amide bonds. The van der Waals surface area contributed by atoms with Crippen LogP contribution in [0.25, 0.3) is 0 Å². The average molecular weight is 504 g/mol. The Hall–Kier alpha value is -1.60. The second-order valence-corrected chi connectivity index (χ2v) is 13.0. The van der Waals surface area contributed by atoms with Gasteiger partial charge in [-0.05, 0) is 104 Å². The zero-order valence-corrected chi connectivity index (χ0v) is 22.4. The van der Waals surface area contributed by atoms with Gasteiger partial charge in [-0.2, -0.15) is 0 Å². The van der Waals surface area contributed by atoms with Gasteiger partial charge in [0, 0.05) is 0 Å². The van der Waals surface area contributed by atoms with Crippen LogP contribution in [0.2, 0.25) is 0 Å². The van der Waals surface area contributed by atoms with Crippen LogP contribution in [-0.2, 0) is 0 Å². The molecule has 4 saturated carbocycles. The first-order chi connectivity index (χ1) is 17.1. The molecule has 5 rings (SSSR count). The third-order valence-corrected chi connectivity index (χ3v) is 11.6. The number of aromatic nitrogens is 1. The molecular formula is C29H45NO6. The molecule has 11 atom stereocenters. The van der Waals surface area contributed by atoms with Crippen molar-refractivity contribution in [2.75, 3.05) is 6.61 Å². The number of oxazole rings is 1. The van der Waals surface area contributed by atoms with Crippen LogP contribution in [0.5, 0.6) is 5.95 Å². The quantitative estimate of drug-likeness (QED) is 0.456. The van der Waals surface area contributed by atoms with Crippen molar-refractivity contribution in [1.82, 2.24) is 4.98 Å². The highest BCUT2D eigenvalue weighted by Gasteiger charge is 2.64. The summed E-state index contributed by atoms with van der Waals surface area (Å²) in [6, 6.07) is 0. The van der Waals surface area contributed by atoms with Crippen LogP contribution in [0.1, 0.15) is 96.2 Å². The number of nitrogens with zero attached hydrogens (tertiary/aromatic N) is 1. The Morgan fingerprint density at radius 3 is 2.56 bits per heavy atom. The maximum absolute atomic E-state index is 11.8. The lowest BCUT2D eigenvalue weighted by Crippen LogP contribution is -2.62. The predicted molar refractivity (Wildman–Crippen MR) is 135 cm³/mol. The van der Waals surface area contributed by atoms with E-state index in [1.807, 2.05) is 0 Å². The Bertz CT molecular complexity index is 948. The van der Waals surface area contributed by atoms with E-state index in [1.54, 1.807) is 0 Å². The number of hydrogen-bond acceptors (Lipinski definition) is 6. The first-order valence-electron chi connectivity index (χ1n) is 14.3. The molecule has 0 aromatic carbocycles. The molecule has 0 aliphatic heterocycles. The summed E-state index contributed by atoms with van der Waals surface area (Å²) >= 11 is 0. The number of aromatic carboxylic acids is 1. The molecule has 4 fully saturated rings. The van der Waals surface area contributed by atoms with Gasteiger partial charge in [0.25, 0.3) is 0 Å². The number of aliphatic hydroxyl groups is 2. The van der Waals surface area contributed by atoms with Crippen LogP contribution >= 0.6 is 0 Å². The van der Waals surface area contributed by atoms with Crippen molar-refractivity contribution in [2.24, 2.45) is 52.3 Å². The summed E-state index contributed by atoms with van der Waals surface area (Å²) in [6.45, 7) is 10.0. The molecule has 7 heteroatoms. The number of fused-ring (bicyclic) bond motifs is 5. The Morgan fingerprint density at radius 1 is 1.14 bits per heavy atom. The number of hydrogen-bond donors (Lipinski definition) is 3. The molecule has 1 aromatic heterocycles. The molecule has 7 nitrogen and oxygen atoms in total. The minimum Gasteiger partial charge on any atom is -0.474 e. The Morgan fingerprint density at radius 2 is 1.86 bits per heavy atom. The van der Waals surface area contributed by atoms with Gasteiger partial charge in [-0.1, -0.05) is 34.1 Å². The second kappa shape index (κ2) is 9.61. The summed E-state index contributed by atoms with van der Waals surface area (Å²) in [5, 5.41) is 31.3. The molecule has 4 aliphatic carbocycles. The van der Waals surface area contributed by atoms with E-state index >= 15 is 0 Å². The standard InChI is InChI=1S/C29H45NO6/c1-5-18-22-14-17(31)8-11-29(22,4)21-9-12-28(3)19(6-7-20(28)24(21)25(18)32)16(2)10-13-35-23-15-30-26(36-23)27(33)34/h15-22,24-25,31-32H,5-14H2,1-4H3,(H,33,34)/t16-,17-,18-,19-,20+,21+,22+,24+,25-,28-,29-/m1/s1. The summed E-state index contributed by atoms with van der Waals surface area (Å²) < 4.78 is 10.8. The van der Waals surface area contributed by atoms with Crippen molar-refractivity contribution < 1.29 is 29.3 Å². The normalized spacial score (nSPS) is 44.8. The molecule has 0 spiro atoms. The first kappa shape index (κ1) is 26.0. The predicted octanol–water partition coefficient (Wildman–Crippen LogP) is 5.40. The lowest BCUT2D eigenvalue weighted by Gasteiger charge is -2.64. The number of carboxylic acids is 1. The van der Waals surface area contributed by atoms with Crippen molar-refractivity contribution in [3.05, 3.63) is 12.1 Å². The SMILES string of the molecule is CC[C@H]1[C@@H](O)[C@@H]2[C@H](CC[C@]3(C)[C@@H]([C@H](C)CCOc4cnc(C(=O)O)o4)CC[C@@H]23)[C@@]2(C)CC[C@@H](O)C[C@@H]12. The van der Waals surface area contributed by atoms with E-state index in [4.69, 9.17) is 14.3 Å². The van der Waals surface area contributed by atoms with E-state index in [2.05, 4.69) is 32.7 Å². The third-order valence-electron chi connectivity index (χ3n) is 11.6. The van der Waals surface area contributed by atoms with Gasteiger partial charge in [-0.15, -0.1) is 0 Å². The van der Waals surface area contributed by atoms with Crippen LogP contribution in [0, 0.1) is 52.3 Å². The van der Waals surface area contributed by atoms with Crippen LogP contribution in [0.3, 0.4) is 0 Å². The fourth-order valence-electron chi connectivity index (χ4n) is 9.90. The van der Waals surface area contributed by atoms with Crippen molar-refractivity contribution in [3.8, 4) is 5.95 Å². The number of rotatable bonds is 7. The topological polar surface area (TPSA) is 113 Å². The summed E-state index contributed by atoms with van der Waals surface area (Å²) in [4.78, 5) is 14.7.